The number of pyridine rings is 1. The Morgan fingerprint density at radius 2 is 2.03 bits per heavy atom. The first-order chi connectivity index (χ1) is 14.6. The van der Waals surface area contributed by atoms with E-state index in [1.54, 1.807) is 12.4 Å². The van der Waals surface area contributed by atoms with Gasteiger partial charge in [0, 0.05) is 50.7 Å². The van der Waals surface area contributed by atoms with Crippen LogP contribution in [0.25, 0.3) is 0 Å². The summed E-state index contributed by atoms with van der Waals surface area (Å²) in [4.78, 5) is 34.0. The zero-order valence-corrected chi connectivity index (χ0v) is 17.8. The smallest absolute Gasteiger partial charge is 0.241 e. The SMILES string of the molecule is CC1CC(C(=O)N2CCC(N3CCCC(C(=O)NCc4cccnc4)C3)CC2)NN1. The van der Waals surface area contributed by atoms with Crippen LogP contribution in [-0.4, -0.2) is 70.9 Å². The first-order valence-corrected chi connectivity index (χ1v) is 11.3. The highest BCUT2D eigenvalue weighted by Gasteiger charge is 2.35. The minimum absolute atomic E-state index is 0.0466. The third-order valence-corrected chi connectivity index (χ3v) is 6.70. The molecule has 3 unspecified atom stereocenters. The van der Waals surface area contributed by atoms with Crippen molar-refractivity contribution in [2.24, 2.45) is 5.92 Å². The van der Waals surface area contributed by atoms with Crippen LogP contribution in [-0.2, 0) is 16.1 Å². The van der Waals surface area contributed by atoms with Gasteiger partial charge in [0.1, 0.15) is 6.04 Å². The van der Waals surface area contributed by atoms with Crippen molar-refractivity contribution in [3.63, 3.8) is 0 Å². The fourth-order valence-electron chi connectivity index (χ4n) is 4.94. The van der Waals surface area contributed by atoms with Gasteiger partial charge in [0.2, 0.25) is 11.8 Å². The monoisotopic (exact) mass is 414 g/mol. The second kappa shape index (κ2) is 9.85. The fourth-order valence-corrected chi connectivity index (χ4v) is 4.94. The number of carbonyl (C=O) groups excluding carboxylic acids is 2. The summed E-state index contributed by atoms with van der Waals surface area (Å²) in [6.07, 6.45) is 8.37. The number of aromatic nitrogens is 1. The van der Waals surface area contributed by atoms with Gasteiger partial charge in [-0.25, -0.2) is 5.43 Å². The number of nitrogens with one attached hydrogen (secondary N) is 3. The molecule has 3 aliphatic heterocycles. The molecule has 30 heavy (non-hydrogen) atoms. The second-order valence-electron chi connectivity index (χ2n) is 8.95. The summed E-state index contributed by atoms with van der Waals surface area (Å²) >= 11 is 0. The largest absolute Gasteiger partial charge is 0.352 e. The van der Waals surface area contributed by atoms with Gasteiger partial charge in [0.15, 0.2) is 0 Å². The van der Waals surface area contributed by atoms with Gasteiger partial charge in [0.05, 0.1) is 5.92 Å². The maximum atomic E-state index is 12.7. The second-order valence-corrected chi connectivity index (χ2v) is 8.95. The lowest BCUT2D eigenvalue weighted by Crippen LogP contribution is -2.53. The van der Waals surface area contributed by atoms with Gasteiger partial charge in [-0.05, 0) is 57.2 Å². The number of rotatable bonds is 5. The number of piperidine rings is 2. The molecule has 0 saturated carbocycles. The van der Waals surface area contributed by atoms with Crippen LogP contribution in [0.4, 0.5) is 0 Å². The van der Waals surface area contributed by atoms with Crippen molar-refractivity contribution in [3.05, 3.63) is 30.1 Å². The molecular weight excluding hydrogens is 380 g/mol. The Hall–Kier alpha value is -2.03. The van der Waals surface area contributed by atoms with Crippen molar-refractivity contribution in [1.29, 1.82) is 0 Å². The van der Waals surface area contributed by atoms with E-state index in [1.807, 2.05) is 17.0 Å². The molecule has 4 heterocycles. The van der Waals surface area contributed by atoms with E-state index in [1.165, 1.54) is 0 Å². The summed E-state index contributed by atoms with van der Waals surface area (Å²) in [6, 6.07) is 4.58. The highest BCUT2D eigenvalue weighted by Crippen LogP contribution is 2.25. The van der Waals surface area contributed by atoms with Crippen molar-refractivity contribution in [2.75, 3.05) is 26.2 Å². The summed E-state index contributed by atoms with van der Waals surface area (Å²) in [5, 5.41) is 3.08. The predicted octanol–water partition coefficient (Wildman–Crippen LogP) is 0.656. The zero-order chi connectivity index (χ0) is 20.9. The Kier molecular flexibility index (Phi) is 6.97. The van der Waals surface area contributed by atoms with E-state index < -0.39 is 0 Å². The molecule has 0 aromatic carbocycles. The van der Waals surface area contributed by atoms with Crippen LogP contribution in [0.3, 0.4) is 0 Å². The van der Waals surface area contributed by atoms with Crippen molar-refractivity contribution in [3.8, 4) is 0 Å². The quantitative estimate of drug-likeness (QED) is 0.656. The van der Waals surface area contributed by atoms with Crippen LogP contribution in [0.2, 0.25) is 0 Å². The van der Waals surface area contributed by atoms with E-state index in [0.29, 0.717) is 18.6 Å². The normalized spacial score (nSPS) is 28.4. The third kappa shape index (κ3) is 5.17. The fraction of sp³-hybridized carbons (Fsp3) is 0.682. The Morgan fingerprint density at radius 3 is 2.73 bits per heavy atom. The van der Waals surface area contributed by atoms with Crippen molar-refractivity contribution in [2.45, 2.75) is 63.7 Å². The number of hydrogen-bond donors (Lipinski definition) is 3. The molecule has 8 heteroatoms. The molecular formula is C22H34N6O2. The molecule has 2 amide bonds. The zero-order valence-electron chi connectivity index (χ0n) is 17.8. The number of likely N-dealkylation sites (tertiary alicyclic amines) is 2. The molecule has 3 N–H and O–H groups in total. The van der Waals surface area contributed by atoms with E-state index in [2.05, 4.69) is 33.0 Å². The molecule has 8 nitrogen and oxygen atoms in total. The van der Waals surface area contributed by atoms with Crippen LogP contribution in [0.1, 0.15) is 44.6 Å². The van der Waals surface area contributed by atoms with E-state index in [0.717, 1.165) is 63.8 Å². The molecule has 3 atom stereocenters. The van der Waals surface area contributed by atoms with Crippen LogP contribution in [0.15, 0.2) is 24.5 Å². The summed E-state index contributed by atoms with van der Waals surface area (Å²) < 4.78 is 0. The average Bonchev–Trinajstić information content (AvgIpc) is 3.24. The lowest BCUT2D eigenvalue weighted by molar-refractivity contribution is -0.135. The summed E-state index contributed by atoms with van der Waals surface area (Å²) in [7, 11) is 0. The molecule has 3 fully saturated rings. The Labute approximate surface area is 178 Å². The van der Waals surface area contributed by atoms with Gasteiger partial charge in [-0.3, -0.25) is 24.9 Å². The molecule has 164 valence electrons. The maximum Gasteiger partial charge on any atom is 0.241 e. The summed E-state index contributed by atoms with van der Waals surface area (Å²) in [5.74, 6) is 0.409. The molecule has 3 aliphatic rings. The van der Waals surface area contributed by atoms with E-state index >= 15 is 0 Å². The molecule has 0 radical (unpaired) electrons. The molecule has 4 rings (SSSR count). The Balaban J connectivity index is 1.23. The summed E-state index contributed by atoms with van der Waals surface area (Å²) in [5.41, 5.74) is 7.28. The van der Waals surface area contributed by atoms with Crippen molar-refractivity contribution in [1.82, 2.24) is 31.0 Å². The van der Waals surface area contributed by atoms with Crippen LogP contribution < -0.4 is 16.2 Å². The maximum absolute atomic E-state index is 12.7. The average molecular weight is 415 g/mol. The standard InChI is InChI=1S/C22H34N6O2/c1-16-12-20(26-25-16)22(30)27-10-6-19(7-11-27)28-9-3-5-18(15-28)21(29)24-14-17-4-2-8-23-13-17/h2,4,8,13,16,18-20,25-26H,3,5-7,9-12,14-15H2,1H3,(H,24,29). The van der Waals surface area contributed by atoms with Crippen LogP contribution >= 0.6 is 0 Å². The van der Waals surface area contributed by atoms with Crippen LogP contribution in [0, 0.1) is 5.92 Å². The Morgan fingerprint density at radius 1 is 1.20 bits per heavy atom. The number of hydrazine groups is 1. The first-order valence-electron chi connectivity index (χ1n) is 11.3. The van der Waals surface area contributed by atoms with E-state index in [-0.39, 0.29) is 23.8 Å². The highest BCUT2D eigenvalue weighted by atomic mass is 16.2. The number of nitrogens with zero attached hydrogens (tertiary/aromatic N) is 3. The Bertz CT molecular complexity index is 722. The molecule has 3 saturated heterocycles. The molecule has 1 aromatic rings. The van der Waals surface area contributed by atoms with E-state index in [4.69, 9.17) is 0 Å². The van der Waals surface area contributed by atoms with Crippen molar-refractivity contribution < 1.29 is 9.59 Å². The van der Waals surface area contributed by atoms with Crippen LogP contribution in [0.5, 0.6) is 0 Å². The van der Waals surface area contributed by atoms with Gasteiger partial charge in [-0.1, -0.05) is 6.07 Å². The number of carbonyl (C=O) groups is 2. The minimum Gasteiger partial charge on any atom is -0.352 e. The van der Waals surface area contributed by atoms with Gasteiger partial charge < -0.3 is 10.2 Å². The third-order valence-electron chi connectivity index (χ3n) is 6.70. The first kappa shape index (κ1) is 21.2. The lowest BCUT2D eigenvalue weighted by Gasteiger charge is -2.42. The van der Waals surface area contributed by atoms with Gasteiger partial charge in [0.25, 0.3) is 0 Å². The lowest BCUT2D eigenvalue weighted by atomic mass is 9.93. The van der Waals surface area contributed by atoms with Gasteiger partial charge in [-0.2, -0.15) is 0 Å². The molecule has 0 aliphatic carbocycles. The van der Waals surface area contributed by atoms with E-state index in [9.17, 15) is 9.59 Å². The molecule has 0 spiro atoms. The highest BCUT2D eigenvalue weighted by molar-refractivity contribution is 5.82. The number of hydrogen-bond acceptors (Lipinski definition) is 6. The minimum atomic E-state index is -0.0978. The predicted molar refractivity (Wildman–Crippen MR) is 114 cm³/mol. The van der Waals surface area contributed by atoms with Gasteiger partial charge in [-0.15, -0.1) is 0 Å². The van der Waals surface area contributed by atoms with Gasteiger partial charge >= 0.3 is 0 Å². The molecule has 0 bridgehead atoms. The topological polar surface area (TPSA) is 89.6 Å². The van der Waals surface area contributed by atoms with Crippen molar-refractivity contribution >= 4 is 11.8 Å². The summed E-state index contributed by atoms with van der Waals surface area (Å²) in [6.45, 7) is 6.12. The molecule has 1 aromatic heterocycles. The number of amides is 2.